The lowest BCUT2D eigenvalue weighted by atomic mass is 10.0. The first-order chi connectivity index (χ1) is 23.0. The summed E-state index contributed by atoms with van der Waals surface area (Å²) < 4.78 is 22.1. The zero-order valence-corrected chi connectivity index (χ0v) is 33.0. The van der Waals surface area contributed by atoms with E-state index < -0.39 is 5.60 Å². The van der Waals surface area contributed by atoms with Gasteiger partial charge in [-0.1, -0.05) is 39.1 Å². The van der Waals surface area contributed by atoms with Gasteiger partial charge in [-0.05, 0) is 83.7 Å². The lowest BCUT2D eigenvalue weighted by Gasteiger charge is -2.26. The zero-order chi connectivity index (χ0) is 36.1. The minimum atomic E-state index is -0.444. The van der Waals surface area contributed by atoms with Gasteiger partial charge in [0.05, 0.1) is 24.3 Å². The van der Waals surface area contributed by atoms with Crippen LogP contribution in [0.15, 0.2) is 40.9 Å². The van der Waals surface area contributed by atoms with Crippen molar-refractivity contribution in [2.24, 2.45) is 23.7 Å². The smallest absolute Gasteiger partial charge is 0.410 e. The maximum atomic E-state index is 12.2. The van der Waals surface area contributed by atoms with E-state index in [4.69, 9.17) is 42.1 Å². The van der Waals surface area contributed by atoms with Crippen LogP contribution in [0, 0.1) is 23.7 Å². The third-order valence-electron chi connectivity index (χ3n) is 8.79. The van der Waals surface area contributed by atoms with Gasteiger partial charge in [-0.25, -0.2) is 9.59 Å². The van der Waals surface area contributed by atoms with Gasteiger partial charge in [-0.15, -0.1) is 0 Å². The Morgan fingerprint density at radius 2 is 1.12 bits per heavy atom. The highest BCUT2D eigenvalue weighted by Gasteiger charge is 2.43. The predicted octanol–water partition coefficient (Wildman–Crippen LogP) is 7.84. The quantitative estimate of drug-likeness (QED) is 0.337. The second-order valence-corrected chi connectivity index (χ2v) is 16.7. The third-order valence-corrected chi connectivity index (χ3v) is 9.91. The van der Waals surface area contributed by atoms with Crippen molar-refractivity contribution in [1.29, 1.82) is 0 Å². The standard InChI is InChI=1S/C18H25ClN2O3.C11H20N2O2.C7H6BrClO/c1-18(2,3)24-17(22)21-10-12-8-20(9-13(12)11-21)14-5-6-15(19)16(7-14)23-4;1-11(2,3)15-10(14)13-6-8-4-12-5-9(8)7-13;1-10-7-4-5(8)2-3-6(7)9/h5-7,12-13H,8-11H2,1-4H3;8-9,12H,4-7H2,1-3H3;2-4H,1H3. The molecule has 2 aromatic carbocycles. The molecule has 4 saturated heterocycles. The van der Waals surface area contributed by atoms with Crippen molar-refractivity contribution in [2.45, 2.75) is 52.7 Å². The van der Waals surface area contributed by atoms with Gasteiger partial charge in [0, 0.05) is 80.4 Å². The molecule has 4 heterocycles. The van der Waals surface area contributed by atoms with Crippen molar-refractivity contribution in [3.63, 3.8) is 0 Å². The summed E-state index contributed by atoms with van der Waals surface area (Å²) in [6.45, 7) is 18.6. The first-order valence-corrected chi connectivity index (χ1v) is 18.2. The number of methoxy groups -OCH3 is 2. The molecule has 2 aromatic rings. The van der Waals surface area contributed by atoms with Crippen LogP contribution in [0.3, 0.4) is 0 Å². The van der Waals surface area contributed by atoms with E-state index in [1.165, 1.54) is 0 Å². The van der Waals surface area contributed by atoms with Crippen molar-refractivity contribution in [3.8, 4) is 11.5 Å². The molecule has 13 heteroatoms. The van der Waals surface area contributed by atoms with Crippen LogP contribution < -0.4 is 19.7 Å². The second-order valence-electron chi connectivity index (χ2n) is 15.0. The normalized spacial score (nSPS) is 22.7. The SMILES string of the molecule is CC(C)(C)OC(=O)N1CC2CNCC2C1.COc1cc(Br)ccc1Cl.COc1cc(N2CC3CN(C(=O)OC(C)(C)C)CC3C2)ccc1Cl. The molecule has 4 fully saturated rings. The van der Waals surface area contributed by atoms with Crippen LogP contribution in [0.5, 0.6) is 11.5 Å². The summed E-state index contributed by atoms with van der Waals surface area (Å²) in [5.74, 6) is 3.63. The average molecular weight is 787 g/mol. The van der Waals surface area contributed by atoms with Crippen molar-refractivity contribution in [3.05, 3.63) is 50.9 Å². The Hall–Kier alpha value is -2.60. The number of rotatable bonds is 3. The lowest BCUT2D eigenvalue weighted by Crippen LogP contribution is -2.37. The molecule has 6 rings (SSSR count). The van der Waals surface area contributed by atoms with E-state index in [9.17, 15) is 9.59 Å². The maximum absolute atomic E-state index is 12.2. The number of carbonyl (C=O) groups excluding carboxylic acids is 2. The number of nitrogens with one attached hydrogen (secondary N) is 1. The first kappa shape index (κ1) is 39.2. The Morgan fingerprint density at radius 1 is 0.694 bits per heavy atom. The summed E-state index contributed by atoms with van der Waals surface area (Å²) >= 11 is 15.2. The minimum Gasteiger partial charge on any atom is -0.495 e. The number of fused-ring (bicyclic) bond motifs is 2. The molecule has 4 unspecified atom stereocenters. The molecule has 4 atom stereocenters. The van der Waals surface area contributed by atoms with Crippen molar-refractivity contribution < 1.29 is 28.5 Å². The summed E-state index contributed by atoms with van der Waals surface area (Å²) in [4.78, 5) is 30.0. The van der Waals surface area contributed by atoms with E-state index in [-0.39, 0.29) is 17.8 Å². The number of hydrogen-bond donors (Lipinski definition) is 1. The van der Waals surface area contributed by atoms with Gasteiger partial charge in [-0.2, -0.15) is 0 Å². The van der Waals surface area contributed by atoms with Gasteiger partial charge in [-0.3, -0.25) is 0 Å². The number of amides is 2. The van der Waals surface area contributed by atoms with E-state index in [1.807, 2.05) is 81.7 Å². The molecule has 4 aliphatic heterocycles. The number of likely N-dealkylation sites (tertiary alicyclic amines) is 2. The highest BCUT2D eigenvalue weighted by atomic mass is 79.9. The first-order valence-electron chi connectivity index (χ1n) is 16.7. The molecule has 2 amide bonds. The molecule has 1 N–H and O–H groups in total. The number of hydrogen-bond acceptors (Lipinski definition) is 8. The van der Waals surface area contributed by atoms with Crippen LogP contribution in [0.25, 0.3) is 0 Å². The Bertz CT molecular complexity index is 1430. The van der Waals surface area contributed by atoms with Crippen LogP contribution in [0.2, 0.25) is 10.0 Å². The molecular weight excluding hydrogens is 735 g/mol. The van der Waals surface area contributed by atoms with Crippen molar-refractivity contribution >= 4 is 57.0 Å². The van der Waals surface area contributed by atoms with Crippen LogP contribution in [-0.4, -0.2) is 99.8 Å². The summed E-state index contributed by atoms with van der Waals surface area (Å²) in [6.07, 6.45) is -0.353. The second kappa shape index (κ2) is 16.6. The summed E-state index contributed by atoms with van der Waals surface area (Å²) in [5.41, 5.74) is 0.294. The Labute approximate surface area is 309 Å². The fourth-order valence-corrected chi connectivity index (χ4v) is 7.22. The molecule has 0 radical (unpaired) electrons. The van der Waals surface area contributed by atoms with Crippen LogP contribution in [0.4, 0.5) is 15.3 Å². The minimum absolute atomic E-state index is 0.156. The maximum Gasteiger partial charge on any atom is 0.410 e. The highest BCUT2D eigenvalue weighted by Crippen LogP contribution is 2.37. The van der Waals surface area contributed by atoms with Crippen molar-refractivity contribution in [2.75, 3.05) is 71.5 Å². The highest BCUT2D eigenvalue weighted by molar-refractivity contribution is 9.10. The number of benzene rings is 2. The topological polar surface area (TPSA) is 92.8 Å². The number of anilines is 1. The van der Waals surface area contributed by atoms with Gasteiger partial charge in [0.25, 0.3) is 0 Å². The van der Waals surface area contributed by atoms with Gasteiger partial charge < -0.3 is 39.0 Å². The van der Waals surface area contributed by atoms with Crippen LogP contribution in [-0.2, 0) is 9.47 Å². The van der Waals surface area contributed by atoms with E-state index in [1.54, 1.807) is 20.3 Å². The fraction of sp³-hybridized carbons (Fsp3) is 0.611. The number of nitrogens with zero attached hydrogens (tertiary/aromatic N) is 3. The predicted molar refractivity (Wildman–Crippen MR) is 198 cm³/mol. The summed E-state index contributed by atoms with van der Waals surface area (Å²) in [5, 5.41) is 4.61. The summed E-state index contributed by atoms with van der Waals surface area (Å²) in [7, 11) is 3.22. The molecule has 0 saturated carbocycles. The largest absolute Gasteiger partial charge is 0.495 e. The van der Waals surface area contributed by atoms with Crippen LogP contribution in [0.1, 0.15) is 41.5 Å². The summed E-state index contributed by atoms with van der Waals surface area (Å²) in [6, 6.07) is 11.3. The third kappa shape index (κ3) is 11.2. The molecule has 0 aliphatic carbocycles. The number of ether oxygens (including phenoxy) is 4. The fourth-order valence-electron chi connectivity index (χ4n) is 6.49. The molecule has 0 bridgehead atoms. The van der Waals surface area contributed by atoms with E-state index >= 15 is 0 Å². The molecule has 49 heavy (non-hydrogen) atoms. The molecule has 0 aromatic heterocycles. The van der Waals surface area contributed by atoms with Crippen LogP contribution >= 0.6 is 39.1 Å². The molecular formula is C36H51BrCl2N4O6. The van der Waals surface area contributed by atoms with E-state index in [0.717, 1.165) is 62.5 Å². The van der Waals surface area contributed by atoms with Gasteiger partial charge in [0.1, 0.15) is 22.7 Å². The zero-order valence-electron chi connectivity index (χ0n) is 29.9. The number of halogens is 3. The average Bonchev–Trinajstić information content (AvgIpc) is 3.79. The van der Waals surface area contributed by atoms with E-state index in [2.05, 4.69) is 26.1 Å². The Balaban J connectivity index is 0.000000184. The Morgan fingerprint density at radius 3 is 1.55 bits per heavy atom. The molecule has 0 spiro atoms. The molecule has 10 nitrogen and oxygen atoms in total. The molecule has 4 aliphatic rings. The number of carbonyl (C=O) groups is 2. The van der Waals surface area contributed by atoms with E-state index in [0.29, 0.717) is 45.2 Å². The molecule has 272 valence electrons. The van der Waals surface area contributed by atoms with Gasteiger partial charge in [0.2, 0.25) is 0 Å². The van der Waals surface area contributed by atoms with Crippen molar-refractivity contribution in [1.82, 2.24) is 15.1 Å². The van der Waals surface area contributed by atoms with Gasteiger partial charge in [0.15, 0.2) is 0 Å². The Kier molecular flexibility index (Phi) is 13.3. The monoisotopic (exact) mass is 784 g/mol. The van der Waals surface area contributed by atoms with Gasteiger partial charge >= 0.3 is 12.2 Å². The lowest BCUT2D eigenvalue weighted by molar-refractivity contribution is 0.0272.